The van der Waals surface area contributed by atoms with E-state index < -0.39 is 29.1 Å². The van der Waals surface area contributed by atoms with Gasteiger partial charge in [0.15, 0.2) is 40.2 Å². The van der Waals surface area contributed by atoms with Gasteiger partial charge >= 0.3 is 0 Å². The third-order valence-electron chi connectivity index (χ3n) is 4.25. The lowest BCUT2D eigenvalue weighted by molar-refractivity contribution is 0.321. The SMILES string of the molecule is CCOc1ccc2c(oc3c(F)c(-c4cc(F)c(F)c(F)c4)ccc32)c1F. The van der Waals surface area contributed by atoms with Crippen molar-refractivity contribution >= 4 is 21.9 Å². The standard InChI is InChI=1S/C20H11F5O2/c1-2-26-15-6-5-12-11-4-3-10(9-7-13(21)17(24)14(22)8-9)16(23)19(11)27-20(12)18(15)25/h3-8H,2H2,1H3. The average molecular weight is 378 g/mol. The molecule has 0 fully saturated rings. The zero-order chi connectivity index (χ0) is 19.3. The Morgan fingerprint density at radius 3 is 2.00 bits per heavy atom. The van der Waals surface area contributed by atoms with Crippen molar-refractivity contribution in [3.05, 3.63) is 65.5 Å². The van der Waals surface area contributed by atoms with Crippen LogP contribution in [0.3, 0.4) is 0 Å². The fraction of sp³-hybridized carbons (Fsp3) is 0.100. The van der Waals surface area contributed by atoms with Gasteiger partial charge in [0.05, 0.1) is 6.61 Å². The van der Waals surface area contributed by atoms with E-state index in [1.807, 2.05) is 0 Å². The number of benzene rings is 3. The second-order valence-electron chi connectivity index (χ2n) is 5.85. The summed E-state index contributed by atoms with van der Waals surface area (Å²) in [5.74, 6) is -6.28. The average Bonchev–Trinajstić information content (AvgIpc) is 3.02. The van der Waals surface area contributed by atoms with Crippen LogP contribution in [0.2, 0.25) is 0 Å². The lowest BCUT2D eigenvalue weighted by Gasteiger charge is -2.05. The number of furan rings is 1. The van der Waals surface area contributed by atoms with Gasteiger partial charge in [0.25, 0.3) is 0 Å². The van der Waals surface area contributed by atoms with Crippen LogP contribution in [-0.2, 0) is 0 Å². The molecule has 0 spiro atoms. The smallest absolute Gasteiger partial charge is 0.208 e. The Balaban J connectivity index is 1.97. The zero-order valence-corrected chi connectivity index (χ0v) is 13.9. The summed E-state index contributed by atoms with van der Waals surface area (Å²) in [5.41, 5.74) is -0.879. The summed E-state index contributed by atoms with van der Waals surface area (Å²) in [5, 5.41) is 0.615. The van der Waals surface area contributed by atoms with E-state index in [4.69, 9.17) is 9.15 Å². The van der Waals surface area contributed by atoms with Crippen LogP contribution >= 0.6 is 0 Å². The number of rotatable bonds is 3. The van der Waals surface area contributed by atoms with Crippen LogP contribution in [0.4, 0.5) is 22.0 Å². The Morgan fingerprint density at radius 1 is 0.778 bits per heavy atom. The molecule has 0 aliphatic rings. The predicted octanol–water partition coefficient (Wildman–Crippen LogP) is 6.35. The number of hydrogen-bond acceptors (Lipinski definition) is 2. The summed E-state index contributed by atoms with van der Waals surface area (Å²) < 4.78 is 80.1. The van der Waals surface area contributed by atoms with Crippen molar-refractivity contribution in [3.8, 4) is 16.9 Å². The van der Waals surface area contributed by atoms with Crippen LogP contribution in [0.5, 0.6) is 5.75 Å². The minimum Gasteiger partial charge on any atom is -0.491 e. The number of fused-ring (bicyclic) bond motifs is 3. The first-order valence-electron chi connectivity index (χ1n) is 8.03. The molecule has 4 aromatic rings. The summed E-state index contributed by atoms with van der Waals surface area (Å²) in [7, 11) is 0. The monoisotopic (exact) mass is 378 g/mol. The maximum atomic E-state index is 15.0. The van der Waals surface area contributed by atoms with Gasteiger partial charge in [0.2, 0.25) is 5.82 Å². The summed E-state index contributed by atoms with van der Waals surface area (Å²) in [6.07, 6.45) is 0. The quantitative estimate of drug-likeness (QED) is 0.306. The zero-order valence-electron chi connectivity index (χ0n) is 13.9. The summed E-state index contributed by atoms with van der Waals surface area (Å²) >= 11 is 0. The second kappa shape index (κ2) is 6.26. The van der Waals surface area contributed by atoms with Crippen LogP contribution in [0.1, 0.15) is 6.92 Å². The van der Waals surface area contributed by atoms with E-state index >= 15 is 0 Å². The van der Waals surface area contributed by atoms with E-state index in [0.717, 1.165) is 0 Å². The minimum absolute atomic E-state index is 0.0348. The van der Waals surface area contributed by atoms with Crippen molar-refractivity contribution in [1.82, 2.24) is 0 Å². The fourth-order valence-electron chi connectivity index (χ4n) is 3.02. The lowest BCUT2D eigenvalue weighted by atomic mass is 10.0. The highest BCUT2D eigenvalue weighted by atomic mass is 19.2. The van der Waals surface area contributed by atoms with Crippen molar-refractivity contribution < 1.29 is 31.1 Å². The molecule has 0 saturated carbocycles. The molecule has 0 bridgehead atoms. The summed E-state index contributed by atoms with van der Waals surface area (Å²) in [6.45, 7) is 1.93. The topological polar surface area (TPSA) is 22.4 Å². The Labute approximate surface area is 149 Å². The molecule has 0 aliphatic carbocycles. The first-order valence-corrected chi connectivity index (χ1v) is 8.03. The van der Waals surface area contributed by atoms with Crippen molar-refractivity contribution in [2.24, 2.45) is 0 Å². The normalized spacial score (nSPS) is 11.5. The number of ether oxygens (including phenoxy) is 1. The highest BCUT2D eigenvalue weighted by Crippen LogP contribution is 2.38. The van der Waals surface area contributed by atoms with Gasteiger partial charge in [0, 0.05) is 16.3 Å². The molecule has 0 unspecified atom stereocenters. The molecule has 3 aromatic carbocycles. The first kappa shape index (κ1) is 17.3. The molecule has 0 amide bonds. The molecule has 0 radical (unpaired) electrons. The van der Waals surface area contributed by atoms with E-state index in [-0.39, 0.29) is 40.0 Å². The number of hydrogen-bond donors (Lipinski definition) is 0. The third kappa shape index (κ3) is 2.61. The Morgan fingerprint density at radius 2 is 1.37 bits per heavy atom. The van der Waals surface area contributed by atoms with Crippen LogP contribution in [0.25, 0.3) is 33.1 Å². The largest absolute Gasteiger partial charge is 0.491 e. The summed E-state index contributed by atoms with van der Waals surface area (Å²) in [4.78, 5) is 0. The molecule has 4 rings (SSSR count). The lowest BCUT2D eigenvalue weighted by Crippen LogP contribution is -1.94. The maximum Gasteiger partial charge on any atom is 0.208 e. The highest BCUT2D eigenvalue weighted by Gasteiger charge is 2.21. The third-order valence-corrected chi connectivity index (χ3v) is 4.25. The van der Waals surface area contributed by atoms with E-state index in [0.29, 0.717) is 17.5 Å². The number of halogens is 5. The molecular weight excluding hydrogens is 367 g/mol. The van der Waals surface area contributed by atoms with Gasteiger partial charge in [-0.2, -0.15) is 4.39 Å². The van der Waals surface area contributed by atoms with Gasteiger partial charge in [-0.1, -0.05) is 6.07 Å². The second-order valence-corrected chi connectivity index (χ2v) is 5.85. The van der Waals surface area contributed by atoms with Crippen LogP contribution < -0.4 is 4.74 Å². The van der Waals surface area contributed by atoms with E-state index in [9.17, 15) is 22.0 Å². The summed E-state index contributed by atoms with van der Waals surface area (Å²) in [6, 6.07) is 7.02. The molecule has 27 heavy (non-hydrogen) atoms. The molecule has 1 aromatic heterocycles. The molecule has 2 nitrogen and oxygen atoms in total. The molecule has 0 saturated heterocycles. The van der Waals surface area contributed by atoms with Gasteiger partial charge in [-0.25, -0.2) is 17.6 Å². The Hall–Kier alpha value is -3.09. The molecule has 7 heteroatoms. The van der Waals surface area contributed by atoms with Gasteiger partial charge in [-0.15, -0.1) is 0 Å². The molecule has 138 valence electrons. The van der Waals surface area contributed by atoms with Gasteiger partial charge in [-0.3, -0.25) is 0 Å². The van der Waals surface area contributed by atoms with Gasteiger partial charge in [0.1, 0.15) is 0 Å². The van der Waals surface area contributed by atoms with Gasteiger partial charge < -0.3 is 9.15 Å². The minimum atomic E-state index is -1.64. The predicted molar refractivity (Wildman–Crippen MR) is 90.1 cm³/mol. The molecule has 1 heterocycles. The Bertz CT molecular complexity index is 1170. The van der Waals surface area contributed by atoms with E-state index in [2.05, 4.69) is 0 Å². The van der Waals surface area contributed by atoms with E-state index in [1.165, 1.54) is 24.3 Å². The van der Waals surface area contributed by atoms with Gasteiger partial charge in [-0.05, 0) is 42.8 Å². The van der Waals surface area contributed by atoms with Crippen molar-refractivity contribution in [1.29, 1.82) is 0 Å². The van der Waals surface area contributed by atoms with Crippen molar-refractivity contribution in [2.75, 3.05) is 6.61 Å². The Kier molecular flexibility index (Phi) is 4.02. The maximum absolute atomic E-state index is 15.0. The molecular formula is C20H11F5O2. The van der Waals surface area contributed by atoms with Crippen LogP contribution in [-0.4, -0.2) is 6.61 Å². The van der Waals surface area contributed by atoms with Crippen molar-refractivity contribution in [3.63, 3.8) is 0 Å². The van der Waals surface area contributed by atoms with Crippen molar-refractivity contribution in [2.45, 2.75) is 6.92 Å². The first-order chi connectivity index (χ1) is 12.9. The van der Waals surface area contributed by atoms with Crippen LogP contribution in [0.15, 0.2) is 40.8 Å². The van der Waals surface area contributed by atoms with E-state index in [1.54, 1.807) is 6.92 Å². The fourth-order valence-corrected chi connectivity index (χ4v) is 3.02. The molecule has 0 atom stereocenters. The molecule has 0 aliphatic heterocycles. The van der Waals surface area contributed by atoms with Crippen LogP contribution in [0, 0.1) is 29.1 Å². The highest BCUT2D eigenvalue weighted by molar-refractivity contribution is 6.06. The molecule has 0 N–H and O–H groups in total.